The first kappa shape index (κ1) is 10.6. The van der Waals surface area contributed by atoms with Gasteiger partial charge in [0.2, 0.25) is 0 Å². The smallest absolute Gasteiger partial charge is 0.325 e. The number of nitrogen functional groups attached to an aromatic ring is 1. The van der Waals surface area contributed by atoms with Gasteiger partial charge in [0.15, 0.2) is 0 Å². The molecule has 78 valence electrons. The number of aromatic nitrogens is 2. The molecule has 0 radical (unpaired) electrons. The zero-order chi connectivity index (χ0) is 10.7. The van der Waals surface area contributed by atoms with E-state index in [2.05, 4.69) is 12.0 Å². The maximum absolute atomic E-state index is 10.5. The quantitative estimate of drug-likeness (QED) is 0.756. The minimum absolute atomic E-state index is 0.178. The Hall–Kier alpha value is -1.52. The first-order chi connectivity index (χ1) is 6.54. The van der Waals surface area contributed by atoms with Crippen molar-refractivity contribution in [3.63, 3.8) is 0 Å². The lowest BCUT2D eigenvalue weighted by Crippen LogP contribution is -2.12. The fourth-order valence-corrected chi connectivity index (χ4v) is 1.16. The van der Waals surface area contributed by atoms with Gasteiger partial charge in [-0.3, -0.25) is 4.79 Å². The Kier molecular flexibility index (Phi) is 3.11. The van der Waals surface area contributed by atoms with Gasteiger partial charge >= 0.3 is 5.97 Å². The van der Waals surface area contributed by atoms with E-state index in [-0.39, 0.29) is 6.54 Å². The summed E-state index contributed by atoms with van der Waals surface area (Å²) in [5, 5.41) is 12.7. The van der Waals surface area contributed by atoms with Crippen LogP contribution < -0.4 is 5.73 Å². The minimum atomic E-state index is -0.935. The maximum Gasteiger partial charge on any atom is 0.325 e. The number of nitrogens with zero attached hydrogens (tertiary/aromatic N) is 2. The Morgan fingerprint density at radius 1 is 1.79 bits per heavy atom. The molecule has 5 nitrogen and oxygen atoms in total. The lowest BCUT2D eigenvalue weighted by Gasteiger charge is -2.02. The van der Waals surface area contributed by atoms with Gasteiger partial charge in [0.05, 0.1) is 5.69 Å². The molecule has 0 saturated carbocycles. The van der Waals surface area contributed by atoms with Gasteiger partial charge in [-0.15, -0.1) is 0 Å². The minimum Gasteiger partial charge on any atom is -0.480 e. The molecule has 0 aromatic carbocycles. The van der Waals surface area contributed by atoms with Crippen LogP contribution in [0.15, 0.2) is 6.07 Å². The van der Waals surface area contributed by atoms with Crippen LogP contribution in [0.2, 0.25) is 0 Å². The van der Waals surface area contributed by atoms with Crippen molar-refractivity contribution in [3.05, 3.63) is 11.8 Å². The van der Waals surface area contributed by atoms with E-state index in [1.165, 1.54) is 4.68 Å². The summed E-state index contributed by atoms with van der Waals surface area (Å²) in [7, 11) is 0. The van der Waals surface area contributed by atoms with Gasteiger partial charge in [-0.1, -0.05) is 13.8 Å². The molecule has 0 bridgehead atoms. The normalized spacial score (nSPS) is 12.7. The summed E-state index contributed by atoms with van der Waals surface area (Å²) in [4.78, 5) is 10.5. The second-order valence-electron chi connectivity index (χ2n) is 3.35. The summed E-state index contributed by atoms with van der Waals surface area (Å²) in [6.07, 6.45) is 0.962. The van der Waals surface area contributed by atoms with Crippen molar-refractivity contribution in [3.8, 4) is 0 Å². The molecule has 0 aliphatic rings. The highest BCUT2D eigenvalue weighted by Gasteiger charge is 2.11. The molecule has 14 heavy (non-hydrogen) atoms. The van der Waals surface area contributed by atoms with E-state index in [0.29, 0.717) is 11.7 Å². The number of anilines is 1. The molecule has 1 heterocycles. The molecule has 0 aliphatic carbocycles. The van der Waals surface area contributed by atoms with Crippen LogP contribution in [0, 0.1) is 0 Å². The van der Waals surface area contributed by atoms with Gasteiger partial charge in [0.1, 0.15) is 12.4 Å². The topological polar surface area (TPSA) is 81.1 Å². The van der Waals surface area contributed by atoms with Crippen molar-refractivity contribution in [2.45, 2.75) is 32.7 Å². The summed E-state index contributed by atoms with van der Waals surface area (Å²) >= 11 is 0. The number of hydrogen-bond acceptors (Lipinski definition) is 3. The highest BCUT2D eigenvalue weighted by molar-refractivity contribution is 5.67. The van der Waals surface area contributed by atoms with E-state index < -0.39 is 5.97 Å². The highest BCUT2D eigenvalue weighted by atomic mass is 16.4. The standard InChI is InChI=1S/C9H15N3O2/c1-3-6(2)7-4-8(10)12(11-7)5-9(13)14/h4,6H,3,5,10H2,1-2H3,(H,13,14). The van der Waals surface area contributed by atoms with Crippen molar-refractivity contribution in [2.24, 2.45) is 0 Å². The second kappa shape index (κ2) is 4.13. The molecule has 0 spiro atoms. The second-order valence-corrected chi connectivity index (χ2v) is 3.35. The van der Waals surface area contributed by atoms with Crippen LogP contribution in [0.1, 0.15) is 31.9 Å². The molecule has 1 aromatic rings. The van der Waals surface area contributed by atoms with Crippen LogP contribution in [-0.4, -0.2) is 20.9 Å². The van der Waals surface area contributed by atoms with Gasteiger partial charge in [-0.25, -0.2) is 4.68 Å². The number of carboxylic acid groups (broad SMARTS) is 1. The molecule has 3 N–H and O–H groups in total. The van der Waals surface area contributed by atoms with Crippen LogP contribution in [-0.2, 0) is 11.3 Å². The molecule has 1 atom stereocenters. The molecule has 1 aromatic heterocycles. The number of aliphatic carboxylic acids is 1. The average molecular weight is 197 g/mol. The van der Waals surface area contributed by atoms with Gasteiger partial charge in [0, 0.05) is 12.0 Å². The van der Waals surface area contributed by atoms with Crippen molar-refractivity contribution in [2.75, 3.05) is 5.73 Å². The summed E-state index contributed by atoms with van der Waals surface area (Å²) in [6.45, 7) is 3.91. The van der Waals surface area contributed by atoms with E-state index >= 15 is 0 Å². The van der Waals surface area contributed by atoms with Crippen molar-refractivity contribution in [1.82, 2.24) is 9.78 Å². The zero-order valence-corrected chi connectivity index (χ0v) is 8.40. The molecule has 0 saturated heterocycles. The lowest BCUT2D eigenvalue weighted by molar-refractivity contribution is -0.137. The Morgan fingerprint density at radius 2 is 2.43 bits per heavy atom. The van der Waals surface area contributed by atoms with Crippen molar-refractivity contribution >= 4 is 11.8 Å². The molecular formula is C9H15N3O2. The highest BCUT2D eigenvalue weighted by Crippen LogP contribution is 2.19. The van der Waals surface area contributed by atoms with Crippen LogP contribution in [0.3, 0.4) is 0 Å². The summed E-state index contributed by atoms with van der Waals surface area (Å²) < 4.78 is 1.31. The van der Waals surface area contributed by atoms with Crippen LogP contribution in [0.5, 0.6) is 0 Å². The summed E-state index contributed by atoms with van der Waals surface area (Å²) in [5.41, 5.74) is 6.47. The Balaban J connectivity index is 2.87. The van der Waals surface area contributed by atoms with E-state index in [4.69, 9.17) is 10.8 Å². The third kappa shape index (κ3) is 2.25. The number of hydrogen-bond donors (Lipinski definition) is 2. The molecule has 0 aliphatic heterocycles. The lowest BCUT2D eigenvalue weighted by atomic mass is 10.1. The first-order valence-electron chi connectivity index (χ1n) is 4.59. The molecular weight excluding hydrogens is 182 g/mol. The SMILES string of the molecule is CCC(C)c1cc(N)n(CC(=O)O)n1. The number of carbonyl (C=O) groups is 1. The van der Waals surface area contributed by atoms with Crippen molar-refractivity contribution < 1.29 is 9.90 Å². The fraction of sp³-hybridized carbons (Fsp3) is 0.556. The average Bonchev–Trinajstić information content (AvgIpc) is 2.46. The van der Waals surface area contributed by atoms with Gasteiger partial charge in [0.25, 0.3) is 0 Å². The van der Waals surface area contributed by atoms with Gasteiger partial charge in [-0.05, 0) is 6.42 Å². The van der Waals surface area contributed by atoms with Crippen LogP contribution in [0.4, 0.5) is 5.82 Å². The van der Waals surface area contributed by atoms with E-state index in [1.807, 2.05) is 6.92 Å². The number of nitrogens with two attached hydrogens (primary N) is 1. The Morgan fingerprint density at radius 3 is 2.93 bits per heavy atom. The van der Waals surface area contributed by atoms with Crippen LogP contribution in [0.25, 0.3) is 0 Å². The van der Waals surface area contributed by atoms with E-state index in [9.17, 15) is 4.79 Å². The summed E-state index contributed by atoms with van der Waals surface area (Å²) in [5.74, 6) is -0.217. The zero-order valence-electron chi connectivity index (χ0n) is 8.40. The Labute approximate surface area is 82.5 Å². The van der Waals surface area contributed by atoms with Crippen molar-refractivity contribution in [1.29, 1.82) is 0 Å². The van der Waals surface area contributed by atoms with E-state index in [1.54, 1.807) is 6.07 Å². The maximum atomic E-state index is 10.5. The molecule has 1 unspecified atom stereocenters. The predicted molar refractivity (Wildman–Crippen MR) is 53.0 cm³/mol. The van der Waals surface area contributed by atoms with Gasteiger partial charge in [-0.2, -0.15) is 5.10 Å². The first-order valence-corrected chi connectivity index (χ1v) is 4.59. The molecule has 5 heteroatoms. The third-order valence-electron chi connectivity index (χ3n) is 2.23. The monoisotopic (exact) mass is 197 g/mol. The van der Waals surface area contributed by atoms with Gasteiger partial charge < -0.3 is 10.8 Å². The largest absolute Gasteiger partial charge is 0.480 e. The molecule has 0 amide bonds. The fourth-order valence-electron chi connectivity index (χ4n) is 1.16. The summed E-state index contributed by atoms with van der Waals surface area (Å²) in [6, 6.07) is 1.73. The van der Waals surface area contributed by atoms with E-state index in [0.717, 1.165) is 12.1 Å². The Bertz CT molecular complexity index is 333. The molecule has 1 rings (SSSR count). The number of carboxylic acids is 1. The molecule has 0 fully saturated rings. The third-order valence-corrected chi connectivity index (χ3v) is 2.23. The predicted octanol–water partition coefficient (Wildman–Crippen LogP) is 1.06. The number of rotatable bonds is 4. The van der Waals surface area contributed by atoms with Crippen LogP contribution >= 0.6 is 0 Å².